The Morgan fingerprint density at radius 1 is 1.18 bits per heavy atom. The number of rotatable bonds is 5. The first kappa shape index (κ1) is 16.6. The fourth-order valence-corrected chi connectivity index (χ4v) is 3.13. The van der Waals surface area contributed by atoms with E-state index in [2.05, 4.69) is 20.6 Å². The van der Waals surface area contributed by atoms with Gasteiger partial charge in [0.05, 0.1) is 11.9 Å². The van der Waals surface area contributed by atoms with Crippen molar-refractivity contribution in [3.63, 3.8) is 0 Å². The predicted molar refractivity (Wildman–Crippen MR) is 103 cm³/mol. The maximum atomic E-state index is 12.4. The van der Waals surface area contributed by atoms with Gasteiger partial charge in [-0.15, -0.1) is 5.10 Å². The third kappa shape index (κ3) is 3.13. The van der Waals surface area contributed by atoms with Crippen LogP contribution in [0, 0.1) is 0 Å². The van der Waals surface area contributed by atoms with Crippen molar-refractivity contribution in [2.24, 2.45) is 0 Å². The van der Waals surface area contributed by atoms with Crippen molar-refractivity contribution in [1.29, 1.82) is 0 Å². The third-order valence-corrected chi connectivity index (χ3v) is 4.79. The zero-order valence-corrected chi connectivity index (χ0v) is 15.0. The third-order valence-electron chi connectivity index (χ3n) is 4.79. The number of carbonyl (C=O) groups excluding carboxylic acids is 1. The van der Waals surface area contributed by atoms with Crippen LogP contribution in [0.2, 0.25) is 0 Å². The SMILES string of the molecule is O=C(CCn1nnc2ccccc2c1=O)Nc1ccc2oc(C3CC3)nc2c1. The van der Waals surface area contributed by atoms with Gasteiger partial charge >= 0.3 is 0 Å². The van der Waals surface area contributed by atoms with Gasteiger partial charge in [-0.2, -0.15) is 0 Å². The van der Waals surface area contributed by atoms with E-state index in [1.165, 1.54) is 4.68 Å². The molecule has 1 aliphatic carbocycles. The Balaban J connectivity index is 1.28. The molecule has 0 bridgehead atoms. The lowest BCUT2D eigenvalue weighted by Gasteiger charge is -2.06. The highest BCUT2D eigenvalue weighted by Crippen LogP contribution is 2.40. The number of aromatic nitrogens is 4. The molecule has 2 aromatic carbocycles. The van der Waals surface area contributed by atoms with E-state index in [1.54, 1.807) is 36.4 Å². The van der Waals surface area contributed by atoms with Crippen molar-refractivity contribution in [3.05, 3.63) is 58.7 Å². The molecule has 0 aliphatic heterocycles. The van der Waals surface area contributed by atoms with Crippen molar-refractivity contribution < 1.29 is 9.21 Å². The summed E-state index contributed by atoms with van der Waals surface area (Å²) < 4.78 is 6.94. The Morgan fingerprint density at radius 3 is 2.89 bits per heavy atom. The number of nitrogens with one attached hydrogen (secondary N) is 1. The van der Waals surface area contributed by atoms with Gasteiger partial charge in [0.15, 0.2) is 11.5 Å². The molecule has 0 unspecified atom stereocenters. The Kier molecular flexibility index (Phi) is 3.89. The van der Waals surface area contributed by atoms with E-state index in [1.807, 2.05) is 6.07 Å². The van der Waals surface area contributed by atoms with E-state index >= 15 is 0 Å². The molecule has 0 atom stereocenters. The van der Waals surface area contributed by atoms with Gasteiger partial charge in [-0.3, -0.25) is 9.59 Å². The molecule has 1 saturated carbocycles. The normalized spacial score (nSPS) is 13.9. The van der Waals surface area contributed by atoms with E-state index in [0.717, 1.165) is 29.8 Å². The number of fused-ring (bicyclic) bond motifs is 2. The lowest BCUT2D eigenvalue weighted by molar-refractivity contribution is -0.116. The molecule has 0 saturated heterocycles. The van der Waals surface area contributed by atoms with Crippen LogP contribution in [0.5, 0.6) is 0 Å². The summed E-state index contributed by atoms with van der Waals surface area (Å²) in [6, 6.07) is 12.4. The van der Waals surface area contributed by atoms with E-state index in [0.29, 0.717) is 22.5 Å². The highest BCUT2D eigenvalue weighted by molar-refractivity contribution is 5.92. The molecule has 1 fully saturated rings. The molecule has 1 aliphatic rings. The largest absolute Gasteiger partial charge is 0.440 e. The average molecular weight is 375 g/mol. The quantitative estimate of drug-likeness (QED) is 0.575. The van der Waals surface area contributed by atoms with E-state index in [4.69, 9.17) is 4.42 Å². The average Bonchev–Trinajstić information content (AvgIpc) is 3.47. The molecule has 1 amide bonds. The smallest absolute Gasteiger partial charge is 0.277 e. The molecule has 0 spiro atoms. The summed E-state index contributed by atoms with van der Waals surface area (Å²) in [7, 11) is 0. The molecule has 2 aromatic heterocycles. The summed E-state index contributed by atoms with van der Waals surface area (Å²) in [6.07, 6.45) is 2.35. The summed E-state index contributed by atoms with van der Waals surface area (Å²) in [5, 5.41) is 11.2. The predicted octanol–water partition coefficient (Wildman–Crippen LogP) is 2.84. The van der Waals surface area contributed by atoms with Crippen molar-refractivity contribution in [3.8, 4) is 0 Å². The highest BCUT2D eigenvalue weighted by Gasteiger charge is 2.28. The van der Waals surface area contributed by atoms with E-state index < -0.39 is 0 Å². The molecule has 4 aromatic rings. The summed E-state index contributed by atoms with van der Waals surface area (Å²) in [5.74, 6) is 0.992. The highest BCUT2D eigenvalue weighted by atomic mass is 16.3. The number of nitrogens with zero attached hydrogens (tertiary/aromatic N) is 4. The molecule has 140 valence electrons. The van der Waals surface area contributed by atoms with Crippen LogP contribution < -0.4 is 10.9 Å². The lowest BCUT2D eigenvalue weighted by Crippen LogP contribution is -2.26. The van der Waals surface area contributed by atoms with Gasteiger partial charge < -0.3 is 9.73 Å². The second-order valence-corrected chi connectivity index (χ2v) is 6.94. The topological polar surface area (TPSA) is 103 Å². The van der Waals surface area contributed by atoms with Gasteiger partial charge in [0.2, 0.25) is 5.91 Å². The molecule has 5 rings (SSSR count). The molecular weight excluding hydrogens is 358 g/mol. The van der Waals surface area contributed by atoms with Crippen molar-refractivity contribution >= 4 is 33.6 Å². The molecule has 8 heteroatoms. The zero-order valence-electron chi connectivity index (χ0n) is 15.0. The second-order valence-electron chi connectivity index (χ2n) is 6.94. The fourth-order valence-electron chi connectivity index (χ4n) is 3.13. The number of benzene rings is 2. The maximum absolute atomic E-state index is 12.4. The number of amides is 1. The van der Waals surface area contributed by atoms with Gasteiger partial charge in [-0.1, -0.05) is 17.3 Å². The van der Waals surface area contributed by atoms with Gasteiger partial charge in [0.25, 0.3) is 5.56 Å². The number of oxazole rings is 1. The second kappa shape index (κ2) is 6.56. The van der Waals surface area contributed by atoms with Crippen LogP contribution in [0.3, 0.4) is 0 Å². The summed E-state index contributed by atoms with van der Waals surface area (Å²) in [6.45, 7) is 0.153. The summed E-state index contributed by atoms with van der Waals surface area (Å²) in [5.41, 5.74) is 2.38. The lowest BCUT2D eigenvalue weighted by atomic mass is 10.2. The first-order chi connectivity index (χ1) is 13.7. The Bertz CT molecular complexity index is 1260. The van der Waals surface area contributed by atoms with E-state index in [9.17, 15) is 9.59 Å². The summed E-state index contributed by atoms with van der Waals surface area (Å²) in [4.78, 5) is 29.2. The minimum absolute atomic E-state index is 0.108. The van der Waals surface area contributed by atoms with Crippen LogP contribution in [0.25, 0.3) is 22.0 Å². The Morgan fingerprint density at radius 2 is 2.04 bits per heavy atom. The van der Waals surface area contributed by atoms with E-state index in [-0.39, 0.29) is 24.4 Å². The van der Waals surface area contributed by atoms with Gasteiger partial charge in [-0.25, -0.2) is 9.67 Å². The first-order valence-electron chi connectivity index (χ1n) is 9.20. The first-order valence-corrected chi connectivity index (χ1v) is 9.20. The van der Waals surface area contributed by atoms with Gasteiger partial charge in [0.1, 0.15) is 11.0 Å². The molecular formula is C20H17N5O3. The zero-order chi connectivity index (χ0) is 19.1. The van der Waals surface area contributed by atoms with Crippen molar-refractivity contribution in [2.75, 3.05) is 5.32 Å². The molecule has 1 N–H and O–H groups in total. The van der Waals surface area contributed by atoms with Crippen LogP contribution >= 0.6 is 0 Å². The number of anilines is 1. The van der Waals surface area contributed by atoms with Crippen LogP contribution in [0.1, 0.15) is 31.1 Å². The van der Waals surface area contributed by atoms with Crippen LogP contribution in [-0.4, -0.2) is 25.9 Å². The van der Waals surface area contributed by atoms with Crippen LogP contribution in [0.4, 0.5) is 5.69 Å². The Labute approximate surface area is 159 Å². The Hall–Kier alpha value is -3.55. The molecule has 0 radical (unpaired) electrons. The molecule has 28 heavy (non-hydrogen) atoms. The van der Waals surface area contributed by atoms with Crippen molar-refractivity contribution in [2.45, 2.75) is 31.7 Å². The van der Waals surface area contributed by atoms with Crippen LogP contribution in [0.15, 0.2) is 51.7 Å². The van der Waals surface area contributed by atoms with Crippen molar-refractivity contribution in [1.82, 2.24) is 20.0 Å². The summed E-state index contributed by atoms with van der Waals surface area (Å²) >= 11 is 0. The maximum Gasteiger partial charge on any atom is 0.277 e. The van der Waals surface area contributed by atoms with Crippen LogP contribution in [-0.2, 0) is 11.3 Å². The van der Waals surface area contributed by atoms with Gasteiger partial charge in [-0.05, 0) is 43.2 Å². The standard InChI is InChI=1S/C20H17N5O3/c26-18(9-10-25-20(27)14-3-1-2-4-15(14)23-24-25)21-13-7-8-17-16(11-13)22-19(28-17)12-5-6-12/h1-4,7-8,11-12H,5-6,9-10H2,(H,21,26). The number of carbonyl (C=O) groups is 1. The minimum atomic E-state index is -0.255. The molecule has 2 heterocycles. The molecule has 8 nitrogen and oxygen atoms in total. The number of hydrogen-bond donors (Lipinski definition) is 1. The number of hydrogen-bond acceptors (Lipinski definition) is 6. The van der Waals surface area contributed by atoms with Gasteiger partial charge in [0, 0.05) is 18.0 Å². The minimum Gasteiger partial charge on any atom is -0.440 e. The number of aryl methyl sites for hydroxylation is 1. The fraction of sp³-hybridized carbons (Fsp3) is 0.250. The monoisotopic (exact) mass is 375 g/mol.